The van der Waals surface area contributed by atoms with Gasteiger partial charge in [0.1, 0.15) is 0 Å². The molecule has 1 aromatic carbocycles. The number of hydrogen-bond donors (Lipinski definition) is 1. The lowest BCUT2D eigenvalue weighted by atomic mass is 9.92. The van der Waals surface area contributed by atoms with Crippen LogP contribution in [-0.4, -0.2) is 11.1 Å². The first-order chi connectivity index (χ1) is 7.50. The second-order valence-corrected chi connectivity index (χ2v) is 4.30. The minimum atomic E-state index is -0.759. The Kier molecular flexibility index (Phi) is 4.29. The molecule has 1 rings (SSSR count). The van der Waals surface area contributed by atoms with Gasteiger partial charge in [0.2, 0.25) is 0 Å². The molecule has 1 unspecified atom stereocenters. The van der Waals surface area contributed by atoms with E-state index >= 15 is 0 Å². The van der Waals surface area contributed by atoms with Crippen molar-refractivity contribution in [2.75, 3.05) is 0 Å². The maximum absolute atomic E-state index is 11.2. The molecule has 0 bridgehead atoms. The first-order valence-corrected chi connectivity index (χ1v) is 5.44. The number of carboxylic acids is 1. The first-order valence-electron chi connectivity index (χ1n) is 5.44. The topological polar surface area (TPSA) is 37.3 Å². The van der Waals surface area contributed by atoms with Crippen molar-refractivity contribution in [3.8, 4) is 0 Å². The fourth-order valence-electron chi connectivity index (χ4n) is 1.62. The third kappa shape index (κ3) is 3.54. The maximum atomic E-state index is 11.2. The SMILES string of the molecule is C=C(C)CCC(C(=O)O)c1ccc(C)cc1. The van der Waals surface area contributed by atoms with Gasteiger partial charge in [0.15, 0.2) is 0 Å². The number of aliphatic carboxylic acids is 1. The van der Waals surface area contributed by atoms with E-state index in [0.29, 0.717) is 6.42 Å². The van der Waals surface area contributed by atoms with Gasteiger partial charge >= 0.3 is 5.97 Å². The van der Waals surface area contributed by atoms with Crippen molar-refractivity contribution in [3.05, 3.63) is 47.5 Å². The van der Waals surface area contributed by atoms with Crippen LogP contribution in [0.15, 0.2) is 36.4 Å². The first kappa shape index (κ1) is 12.5. The molecule has 0 fully saturated rings. The van der Waals surface area contributed by atoms with Crippen LogP contribution < -0.4 is 0 Å². The molecular formula is C14H18O2. The molecule has 86 valence electrons. The van der Waals surface area contributed by atoms with Crippen molar-refractivity contribution in [2.45, 2.75) is 32.6 Å². The van der Waals surface area contributed by atoms with E-state index in [4.69, 9.17) is 0 Å². The molecule has 0 aliphatic heterocycles. The van der Waals surface area contributed by atoms with Crippen LogP contribution >= 0.6 is 0 Å². The third-order valence-corrected chi connectivity index (χ3v) is 2.64. The highest BCUT2D eigenvalue weighted by atomic mass is 16.4. The Bertz CT molecular complexity index is 376. The van der Waals surface area contributed by atoms with Gasteiger partial charge in [-0.1, -0.05) is 35.4 Å². The number of carbonyl (C=O) groups is 1. The van der Waals surface area contributed by atoms with Crippen LogP contribution in [0.5, 0.6) is 0 Å². The lowest BCUT2D eigenvalue weighted by Crippen LogP contribution is -2.11. The van der Waals surface area contributed by atoms with Crippen LogP contribution in [0.1, 0.15) is 36.8 Å². The summed E-state index contributed by atoms with van der Waals surface area (Å²) in [5.74, 6) is -1.18. The van der Waals surface area contributed by atoms with Gasteiger partial charge in [0.25, 0.3) is 0 Å². The molecule has 1 N–H and O–H groups in total. The zero-order valence-electron chi connectivity index (χ0n) is 9.86. The van der Waals surface area contributed by atoms with Crippen molar-refractivity contribution >= 4 is 5.97 Å². The van der Waals surface area contributed by atoms with E-state index in [9.17, 15) is 9.90 Å². The molecule has 0 saturated carbocycles. The molecule has 2 heteroatoms. The highest BCUT2D eigenvalue weighted by Gasteiger charge is 2.18. The van der Waals surface area contributed by atoms with Gasteiger partial charge in [-0.2, -0.15) is 0 Å². The number of hydrogen-bond acceptors (Lipinski definition) is 1. The van der Waals surface area contributed by atoms with Crippen LogP contribution in [0, 0.1) is 6.92 Å². The largest absolute Gasteiger partial charge is 0.481 e. The normalized spacial score (nSPS) is 12.1. The fourth-order valence-corrected chi connectivity index (χ4v) is 1.62. The summed E-state index contributed by atoms with van der Waals surface area (Å²) in [7, 11) is 0. The second-order valence-electron chi connectivity index (χ2n) is 4.30. The average molecular weight is 218 g/mol. The molecule has 0 heterocycles. The Morgan fingerprint density at radius 2 is 1.94 bits per heavy atom. The molecule has 1 atom stereocenters. The highest BCUT2D eigenvalue weighted by Crippen LogP contribution is 2.23. The predicted molar refractivity (Wildman–Crippen MR) is 65.6 cm³/mol. The predicted octanol–water partition coefficient (Wildman–Crippen LogP) is 3.52. The van der Waals surface area contributed by atoms with E-state index in [-0.39, 0.29) is 0 Å². The highest BCUT2D eigenvalue weighted by molar-refractivity contribution is 5.76. The summed E-state index contributed by atoms with van der Waals surface area (Å²) in [4.78, 5) is 11.2. The summed E-state index contributed by atoms with van der Waals surface area (Å²) in [6.45, 7) is 7.72. The van der Waals surface area contributed by atoms with Gasteiger partial charge < -0.3 is 5.11 Å². The molecule has 1 aromatic rings. The smallest absolute Gasteiger partial charge is 0.310 e. The van der Waals surface area contributed by atoms with Gasteiger partial charge in [-0.05, 0) is 32.3 Å². The summed E-state index contributed by atoms with van der Waals surface area (Å²) in [6, 6.07) is 7.69. The molecule has 0 aromatic heterocycles. The van der Waals surface area contributed by atoms with Crippen LogP contribution in [0.2, 0.25) is 0 Å². The lowest BCUT2D eigenvalue weighted by molar-refractivity contribution is -0.138. The zero-order chi connectivity index (χ0) is 12.1. The number of allylic oxidation sites excluding steroid dienone is 1. The second kappa shape index (κ2) is 5.50. The number of benzene rings is 1. The molecule has 0 saturated heterocycles. The van der Waals surface area contributed by atoms with Crippen molar-refractivity contribution in [1.29, 1.82) is 0 Å². The standard InChI is InChI=1S/C14H18O2/c1-10(2)4-9-13(14(15)16)12-7-5-11(3)6-8-12/h5-8,13H,1,4,9H2,2-3H3,(H,15,16). The van der Waals surface area contributed by atoms with Gasteiger partial charge in [0.05, 0.1) is 5.92 Å². The van der Waals surface area contributed by atoms with E-state index in [1.807, 2.05) is 38.1 Å². The fraction of sp³-hybridized carbons (Fsp3) is 0.357. The lowest BCUT2D eigenvalue weighted by Gasteiger charge is -2.12. The Hall–Kier alpha value is -1.57. The Labute approximate surface area is 96.6 Å². The van der Waals surface area contributed by atoms with E-state index in [1.54, 1.807) is 0 Å². The van der Waals surface area contributed by atoms with Crippen molar-refractivity contribution in [1.82, 2.24) is 0 Å². The number of carboxylic acid groups (broad SMARTS) is 1. The zero-order valence-corrected chi connectivity index (χ0v) is 9.86. The molecule has 0 amide bonds. The van der Waals surface area contributed by atoms with Gasteiger partial charge in [-0.15, -0.1) is 6.58 Å². The minimum absolute atomic E-state index is 0.419. The van der Waals surface area contributed by atoms with Gasteiger partial charge in [-0.3, -0.25) is 4.79 Å². The van der Waals surface area contributed by atoms with E-state index in [1.165, 1.54) is 0 Å². The minimum Gasteiger partial charge on any atom is -0.481 e. The maximum Gasteiger partial charge on any atom is 0.310 e. The number of rotatable bonds is 5. The van der Waals surface area contributed by atoms with Crippen molar-refractivity contribution in [2.24, 2.45) is 0 Å². The Morgan fingerprint density at radius 1 is 1.38 bits per heavy atom. The quantitative estimate of drug-likeness (QED) is 0.768. The molecule has 0 aliphatic rings. The molecule has 16 heavy (non-hydrogen) atoms. The third-order valence-electron chi connectivity index (χ3n) is 2.64. The summed E-state index contributed by atoms with van der Waals surface area (Å²) in [6.07, 6.45) is 1.37. The average Bonchev–Trinajstić information content (AvgIpc) is 2.20. The van der Waals surface area contributed by atoms with Crippen molar-refractivity contribution in [3.63, 3.8) is 0 Å². The summed E-state index contributed by atoms with van der Waals surface area (Å²) >= 11 is 0. The molecule has 0 radical (unpaired) electrons. The summed E-state index contributed by atoms with van der Waals surface area (Å²) in [5.41, 5.74) is 3.05. The molecule has 2 nitrogen and oxygen atoms in total. The molecule has 0 spiro atoms. The Balaban J connectivity index is 2.81. The molecule has 0 aliphatic carbocycles. The van der Waals surface area contributed by atoms with E-state index < -0.39 is 11.9 Å². The molecular weight excluding hydrogens is 200 g/mol. The monoisotopic (exact) mass is 218 g/mol. The van der Waals surface area contributed by atoms with Crippen LogP contribution in [-0.2, 0) is 4.79 Å². The Morgan fingerprint density at radius 3 is 2.38 bits per heavy atom. The van der Waals surface area contributed by atoms with Crippen LogP contribution in [0.4, 0.5) is 0 Å². The van der Waals surface area contributed by atoms with E-state index in [0.717, 1.165) is 23.1 Å². The van der Waals surface area contributed by atoms with Crippen LogP contribution in [0.25, 0.3) is 0 Å². The van der Waals surface area contributed by atoms with Crippen LogP contribution in [0.3, 0.4) is 0 Å². The number of aryl methyl sites for hydroxylation is 1. The van der Waals surface area contributed by atoms with Gasteiger partial charge in [-0.25, -0.2) is 0 Å². The van der Waals surface area contributed by atoms with E-state index in [2.05, 4.69) is 6.58 Å². The summed E-state index contributed by atoms with van der Waals surface area (Å²) < 4.78 is 0. The van der Waals surface area contributed by atoms with Gasteiger partial charge in [0, 0.05) is 0 Å². The van der Waals surface area contributed by atoms with Crippen molar-refractivity contribution < 1.29 is 9.90 Å². The summed E-state index contributed by atoms with van der Waals surface area (Å²) in [5, 5.41) is 9.18.